The summed E-state index contributed by atoms with van der Waals surface area (Å²) in [5.41, 5.74) is 1.34. The van der Waals surface area contributed by atoms with Crippen molar-refractivity contribution in [2.24, 2.45) is 4.99 Å². The molecule has 0 fully saturated rings. The minimum Gasteiger partial charge on any atom is -0.316 e. The zero-order valence-corrected chi connectivity index (χ0v) is 13.8. The van der Waals surface area contributed by atoms with Crippen molar-refractivity contribution < 1.29 is 9.72 Å². The lowest BCUT2D eigenvalue weighted by molar-refractivity contribution is -0.384. The van der Waals surface area contributed by atoms with E-state index in [0.29, 0.717) is 10.4 Å². The monoisotopic (exact) mass is 341 g/mol. The Morgan fingerprint density at radius 1 is 1.21 bits per heavy atom. The summed E-state index contributed by atoms with van der Waals surface area (Å²) in [4.78, 5) is 27.4. The largest absolute Gasteiger partial charge is 0.316 e. The topological polar surface area (TPSA) is 77.5 Å². The van der Waals surface area contributed by atoms with E-state index in [0.717, 1.165) is 23.2 Å². The van der Waals surface area contributed by atoms with Gasteiger partial charge in [0.2, 0.25) is 0 Å². The Bertz CT molecular complexity index is 971. The molecule has 0 unspecified atom stereocenters. The molecule has 1 aromatic heterocycles. The number of non-ortho nitro benzene ring substituents is 1. The molecule has 2 aromatic carbocycles. The Kier molecular flexibility index (Phi) is 4.52. The maximum absolute atomic E-state index is 12.4. The Morgan fingerprint density at radius 2 is 1.92 bits per heavy atom. The predicted octanol–water partition coefficient (Wildman–Crippen LogP) is 3.76. The Hall–Kier alpha value is -2.80. The van der Waals surface area contributed by atoms with E-state index in [1.165, 1.54) is 35.6 Å². The summed E-state index contributed by atoms with van der Waals surface area (Å²) in [7, 11) is 0. The molecular formula is C17H15N3O3S. The lowest BCUT2D eigenvalue weighted by atomic mass is 10.2. The molecule has 0 N–H and O–H groups in total. The van der Waals surface area contributed by atoms with Crippen LogP contribution in [0.4, 0.5) is 5.69 Å². The van der Waals surface area contributed by atoms with Gasteiger partial charge in [0.1, 0.15) is 0 Å². The summed E-state index contributed by atoms with van der Waals surface area (Å²) in [6.07, 6.45) is 0.930. The van der Waals surface area contributed by atoms with E-state index in [-0.39, 0.29) is 5.69 Å². The Balaban J connectivity index is 2.04. The van der Waals surface area contributed by atoms with Gasteiger partial charge < -0.3 is 4.57 Å². The van der Waals surface area contributed by atoms with Crippen LogP contribution in [0.5, 0.6) is 0 Å². The second-order valence-corrected chi connectivity index (χ2v) is 6.23. The average molecular weight is 341 g/mol. The Morgan fingerprint density at radius 3 is 2.58 bits per heavy atom. The zero-order valence-electron chi connectivity index (χ0n) is 13.0. The second kappa shape index (κ2) is 6.76. The fourth-order valence-electron chi connectivity index (χ4n) is 2.42. The lowest BCUT2D eigenvalue weighted by Gasteiger charge is -2.02. The SMILES string of the molecule is CCCn1c(=NC(=O)c2ccc([N+](=O)[O-])cc2)sc2ccccc21. The first-order valence-corrected chi connectivity index (χ1v) is 8.33. The van der Waals surface area contributed by atoms with Crippen molar-refractivity contribution in [3.63, 3.8) is 0 Å². The number of para-hydroxylation sites is 1. The molecule has 1 amide bonds. The lowest BCUT2D eigenvalue weighted by Crippen LogP contribution is -2.16. The quantitative estimate of drug-likeness (QED) is 0.535. The highest BCUT2D eigenvalue weighted by Gasteiger charge is 2.10. The third-order valence-corrected chi connectivity index (χ3v) is 4.62. The van der Waals surface area contributed by atoms with Crippen LogP contribution in [0.15, 0.2) is 53.5 Å². The van der Waals surface area contributed by atoms with Gasteiger partial charge in [-0.1, -0.05) is 30.4 Å². The second-order valence-electron chi connectivity index (χ2n) is 5.22. The molecule has 0 radical (unpaired) electrons. The van der Waals surface area contributed by atoms with Gasteiger partial charge in [-0.2, -0.15) is 4.99 Å². The molecule has 0 spiro atoms. The highest BCUT2D eigenvalue weighted by atomic mass is 32.1. The Labute approximate surface area is 141 Å². The number of benzene rings is 2. The summed E-state index contributed by atoms with van der Waals surface area (Å²) >= 11 is 1.46. The first-order valence-electron chi connectivity index (χ1n) is 7.52. The molecule has 122 valence electrons. The van der Waals surface area contributed by atoms with Gasteiger partial charge in [0.25, 0.3) is 11.6 Å². The fraction of sp³-hybridized carbons (Fsp3) is 0.176. The van der Waals surface area contributed by atoms with Gasteiger partial charge in [-0.3, -0.25) is 14.9 Å². The van der Waals surface area contributed by atoms with Gasteiger partial charge in [0.15, 0.2) is 4.80 Å². The number of aryl methyl sites for hydroxylation is 1. The molecular weight excluding hydrogens is 326 g/mol. The minimum absolute atomic E-state index is 0.0468. The number of amides is 1. The number of hydrogen-bond acceptors (Lipinski definition) is 4. The number of rotatable bonds is 4. The smallest absolute Gasteiger partial charge is 0.279 e. The number of fused-ring (bicyclic) bond motifs is 1. The molecule has 24 heavy (non-hydrogen) atoms. The standard InChI is InChI=1S/C17H15N3O3S/c1-2-11-19-14-5-3-4-6-15(14)24-17(19)18-16(21)12-7-9-13(10-8-12)20(22)23/h3-10H,2,11H2,1H3. The van der Waals surface area contributed by atoms with Crippen molar-refractivity contribution in [3.8, 4) is 0 Å². The maximum atomic E-state index is 12.4. The molecule has 0 bridgehead atoms. The van der Waals surface area contributed by atoms with Gasteiger partial charge in [0.05, 0.1) is 15.1 Å². The molecule has 0 aliphatic carbocycles. The van der Waals surface area contributed by atoms with E-state index in [2.05, 4.69) is 11.9 Å². The number of carbonyl (C=O) groups excluding carboxylic acids is 1. The van der Waals surface area contributed by atoms with E-state index in [4.69, 9.17) is 0 Å². The van der Waals surface area contributed by atoms with Crippen molar-refractivity contribution in [1.82, 2.24) is 4.57 Å². The predicted molar refractivity (Wildman–Crippen MR) is 93.1 cm³/mol. The number of nitro benzene ring substituents is 1. The molecule has 0 aliphatic rings. The van der Waals surface area contributed by atoms with E-state index < -0.39 is 10.8 Å². The van der Waals surface area contributed by atoms with E-state index in [1.54, 1.807) is 0 Å². The molecule has 0 saturated carbocycles. The first-order chi connectivity index (χ1) is 11.6. The van der Waals surface area contributed by atoms with Gasteiger partial charge in [0, 0.05) is 24.2 Å². The molecule has 6 nitrogen and oxygen atoms in total. The van der Waals surface area contributed by atoms with Crippen LogP contribution in [0.1, 0.15) is 23.7 Å². The number of carbonyl (C=O) groups is 1. The number of nitrogens with zero attached hydrogens (tertiary/aromatic N) is 3. The highest BCUT2D eigenvalue weighted by molar-refractivity contribution is 7.16. The van der Waals surface area contributed by atoms with Gasteiger partial charge in [-0.05, 0) is 30.7 Å². The fourth-order valence-corrected chi connectivity index (χ4v) is 3.48. The van der Waals surface area contributed by atoms with Gasteiger partial charge in [-0.15, -0.1) is 0 Å². The van der Waals surface area contributed by atoms with Crippen LogP contribution in [0, 0.1) is 10.1 Å². The van der Waals surface area contributed by atoms with Crippen molar-refractivity contribution in [2.75, 3.05) is 0 Å². The van der Waals surface area contributed by atoms with Crippen LogP contribution < -0.4 is 4.80 Å². The molecule has 0 atom stereocenters. The zero-order chi connectivity index (χ0) is 17.1. The van der Waals surface area contributed by atoms with Gasteiger partial charge >= 0.3 is 0 Å². The number of hydrogen-bond donors (Lipinski definition) is 0. The van der Waals surface area contributed by atoms with Crippen LogP contribution in [0.2, 0.25) is 0 Å². The van der Waals surface area contributed by atoms with Crippen LogP contribution in [0.3, 0.4) is 0 Å². The van der Waals surface area contributed by atoms with E-state index in [1.807, 2.05) is 28.8 Å². The van der Waals surface area contributed by atoms with Crippen LogP contribution in [-0.2, 0) is 6.54 Å². The summed E-state index contributed by atoms with van der Waals surface area (Å²) in [6, 6.07) is 13.4. The van der Waals surface area contributed by atoms with E-state index >= 15 is 0 Å². The number of nitro groups is 1. The van der Waals surface area contributed by atoms with Crippen LogP contribution in [-0.4, -0.2) is 15.4 Å². The van der Waals surface area contributed by atoms with Crippen LogP contribution >= 0.6 is 11.3 Å². The average Bonchev–Trinajstić information content (AvgIpc) is 2.93. The summed E-state index contributed by atoms with van der Waals surface area (Å²) < 4.78 is 3.10. The van der Waals surface area contributed by atoms with Crippen molar-refractivity contribution >= 4 is 33.1 Å². The maximum Gasteiger partial charge on any atom is 0.279 e. The third kappa shape index (κ3) is 3.11. The summed E-state index contributed by atoms with van der Waals surface area (Å²) in [6.45, 7) is 2.84. The molecule has 7 heteroatoms. The minimum atomic E-state index is -0.493. The summed E-state index contributed by atoms with van der Waals surface area (Å²) in [5, 5.41) is 10.7. The van der Waals surface area contributed by atoms with E-state index in [9.17, 15) is 14.9 Å². The highest BCUT2D eigenvalue weighted by Crippen LogP contribution is 2.17. The molecule has 0 saturated heterocycles. The molecule has 1 heterocycles. The summed E-state index contributed by atoms with van der Waals surface area (Å²) in [5.74, 6) is -0.402. The van der Waals surface area contributed by atoms with Crippen molar-refractivity contribution in [3.05, 3.63) is 69.0 Å². The number of thiazole rings is 1. The first kappa shape index (κ1) is 16.1. The third-order valence-electron chi connectivity index (χ3n) is 3.56. The van der Waals surface area contributed by atoms with Crippen LogP contribution in [0.25, 0.3) is 10.2 Å². The molecule has 0 aliphatic heterocycles. The molecule has 3 aromatic rings. The number of aromatic nitrogens is 1. The van der Waals surface area contributed by atoms with Crippen molar-refractivity contribution in [2.45, 2.75) is 19.9 Å². The van der Waals surface area contributed by atoms with Crippen molar-refractivity contribution in [1.29, 1.82) is 0 Å². The van der Waals surface area contributed by atoms with Gasteiger partial charge in [-0.25, -0.2) is 0 Å². The molecule has 3 rings (SSSR count). The normalized spacial score (nSPS) is 11.8.